The first-order valence-corrected chi connectivity index (χ1v) is 5.83. The largest absolute Gasteiger partial charge is 0.396 e. The van der Waals surface area contributed by atoms with Crippen molar-refractivity contribution in [3.05, 3.63) is 0 Å². The molecule has 4 heteroatoms. The third kappa shape index (κ3) is 5.14. The van der Waals surface area contributed by atoms with Crippen LogP contribution >= 0.6 is 0 Å². The Hall–Kier alpha value is -0.610. The first-order valence-electron chi connectivity index (χ1n) is 5.83. The predicted octanol–water partition coefficient (Wildman–Crippen LogP) is 0.263. The van der Waals surface area contributed by atoms with Crippen molar-refractivity contribution in [1.29, 1.82) is 0 Å². The van der Waals surface area contributed by atoms with Gasteiger partial charge >= 0.3 is 0 Å². The number of amides is 1. The fourth-order valence-electron chi connectivity index (χ4n) is 1.84. The molecule has 88 valence electrons. The number of aliphatic hydroxyl groups is 1. The highest BCUT2D eigenvalue weighted by molar-refractivity contribution is 5.76. The Kier molecular flexibility index (Phi) is 5.65. The van der Waals surface area contributed by atoms with E-state index in [1.54, 1.807) is 0 Å². The molecule has 1 fully saturated rings. The summed E-state index contributed by atoms with van der Waals surface area (Å²) < 4.78 is 0. The van der Waals surface area contributed by atoms with E-state index < -0.39 is 0 Å². The zero-order valence-corrected chi connectivity index (χ0v) is 9.46. The third-order valence-corrected chi connectivity index (χ3v) is 2.86. The number of hydrogen-bond acceptors (Lipinski definition) is 3. The summed E-state index contributed by atoms with van der Waals surface area (Å²) >= 11 is 0. The lowest BCUT2D eigenvalue weighted by Gasteiger charge is -2.18. The lowest BCUT2D eigenvalue weighted by Crippen LogP contribution is -2.35. The van der Waals surface area contributed by atoms with Crippen LogP contribution in [0.25, 0.3) is 0 Å². The van der Waals surface area contributed by atoms with E-state index in [9.17, 15) is 4.79 Å². The molecule has 1 aliphatic rings. The molecule has 0 aliphatic carbocycles. The molecule has 0 saturated carbocycles. The van der Waals surface area contributed by atoms with Crippen LogP contribution in [0.5, 0.6) is 0 Å². The van der Waals surface area contributed by atoms with E-state index in [-0.39, 0.29) is 12.5 Å². The minimum atomic E-state index is 0.153. The van der Waals surface area contributed by atoms with Crippen molar-refractivity contribution in [1.82, 2.24) is 10.6 Å². The Morgan fingerprint density at radius 1 is 1.67 bits per heavy atom. The van der Waals surface area contributed by atoms with Crippen molar-refractivity contribution >= 4 is 5.91 Å². The van der Waals surface area contributed by atoms with E-state index in [1.165, 1.54) is 0 Å². The highest BCUT2D eigenvalue weighted by atomic mass is 16.3. The van der Waals surface area contributed by atoms with Crippen LogP contribution in [0.1, 0.15) is 32.6 Å². The molecular formula is C11H22N2O2. The second kappa shape index (κ2) is 6.80. The minimum absolute atomic E-state index is 0.153. The van der Waals surface area contributed by atoms with Crippen LogP contribution in [0.15, 0.2) is 0 Å². The maximum Gasteiger partial charge on any atom is 0.221 e. The van der Waals surface area contributed by atoms with Crippen LogP contribution in [-0.4, -0.2) is 36.8 Å². The van der Waals surface area contributed by atoms with Crippen LogP contribution in [0.3, 0.4) is 0 Å². The standard InChI is InChI=1S/C11H22N2O2/c1-9(4-6-14)8-13-10-3-2-5-12-11(15)7-10/h9-10,13-14H,2-8H2,1H3,(H,12,15). The SMILES string of the molecule is CC(CCO)CNC1CCCNC(=O)C1. The third-order valence-electron chi connectivity index (χ3n) is 2.86. The van der Waals surface area contributed by atoms with Crippen molar-refractivity contribution in [2.24, 2.45) is 5.92 Å². The molecule has 0 aromatic rings. The Morgan fingerprint density at radius 2 is 2.47 bits per heavy atom. The summed E-state index contributed by atoms with van der Waals surface area (Å²) in [5.41, 5.74) is 0. The first-order chi connectivity index (χ1) is 7.22. The summed E-state index contributed by atoms with van der Waals surface area (Å²) in [6.07, 6.45) is 3.53. The number of carbonyl (C=O) groups excluding carboxylic acids is 1. The zero-order valence-electron chi connectivity index (χ0n) is 9.46. The zero-order chi connectivity index (χ0) is 11.1. The molecule has 4 nitrogen and oxygen atoms in total. The fraction of sp³-hybridized carbons (Fsp3) is 0.909. The molecule has 2 unspecified atom stereocenters. The normalized spacial score (nSPS) is 24.4. The quantitative estimate of drug-likeness (QED) is 0.615. The monoisotopic (exact) mass is 214 g/mol. The van der Waals surface area contributed by atoms with Gasteiger partial charge in [0, 0.05) is 25.6 Å². The summed E-state index contributed by atoms with van der Waals surface area (Å²) in [7, 11) is 0. The summed E-state index contributed by atoms with van der Waals surface area (Å²) in [5, 5.41) is 15.0. The second-order valence-electron chi connectivity index (χ2n) is 4.42. The highest BCUT2D eigenvalue weighted by Gasteiger charge is 2.17. The molecule has 3 N–H and O–H groups in total. The number of aliphatic hydroxyl groups excluding tert-OH is 1. The van der Waals surface area contributed by atoms with Gasteiger partial charge in [-0.15, -0.1) is 0 Å². The van der Waals surface area contributed by atoms with Crippen molar-refractivity contribution < 1.29 is 9.90 Å². The van der Waals surface area contributed by atoms with E-state index >= 15 is 0 Å². The van der Waals surface area contributed by atoms with E-state index in [4.69, 9.17) is 5.11 Å². The molecule has 1 rings (SSSR count). The van der Waals surface area contributed by atoms with E-state index in [2.05, 4.69) is 17.6 Å². The van der Waals surface area contributed by atoms with Gasteiger partial charge in [-0.25, -0.2) is 0 Å². The lowest BCUT2D eigenvalue weighted by molar-refractivity contribution is -0.121. The van der Waals surface area contributed by atoms with Gasteiger partial charge in [-0.2, -0.15) is 0 Å². The van der Waals surface area contributed by atoms with Crippen molar-refractivity contribution in [3.8, 4) is 0 Å². The highest BCUT2D eigenvalue weighted by Crippen LogP contribution is 2.07. The molecule has 2 atom stereocenters. The molecule has 0 bridgehead atoms. The number of rotatable bonds is 5. The molecule has 1 heterocycles. The average Bonchev–Trinajstić information content (AvgIpc) is 2.40. The van der Waals surface area contributed by atoms with Crippen LogP contribution in [0.2, 0.25) is 0 Å². The van der Waals surface area contributed by atoms with Crippen LogP contribution in [0, 0.1) is 5.92 Å². The molecule has 0 spiro atoms. The van der Waals surface area contributed by atoms with Gasteiger partial charge in [0.1, 0.15) is 0 Å². The summed E-state index contributed by atoms with van der Waals surface area (Å²) in [6.45, 7) is 4.05. The summed E-state index contributed by atoms with van der Waals surface area (Å²) in [5.74, 6) is 0.626. The number of hydrogen-bond donors (Lipinski definition) is 3. The van der Waals surface area contributed by atoms with Crippen molar-refractivity contribution in [2.45, 2.75) is 38.6 Å². The number of nitrogens with one attached hydrogen (secondary N) is 2. The molecule has 0 aromatic carbocycles. The Labute approximate surface area is 91.4 Å². The van der Waals surface area contributed by atoms with E-state index in [0.717, 1.165) is 32.4 Å². The van der Waals surface area contributed by atoms with Crippen molar-refractivity contribution in [3.63, 3.8) is 0 Å². The van der Waals surface area contributed by atoms with Gasteiger partial charge in [0.2, 0.25) is 5.91 Å². The Bertz CT molecular complexity index is 197. The first kappa shape index (κ1) is 12.5. The van der Waals surface area contributed by atoms with Gasteiger partial charge in [0.05, 0.1) is 0 Å². The molecular weight excluding hydrogens is 192 g/mol. The summed E-state index contributed by atoms with van der Waals surface area (Å²) in [6, 6.07) is 0.314. The molecule has 0 radical (unpaired) electrons. The van der Waals surface area contributed by atoms with Crippen LogP contribution < -0.4 is 10.6 Å². The molecule has 15 heavy (non-hydrogen) atoms. The molecule has 1 saturated heterocycles. The fourth-order valence-corrected chi connectivity index (χ4v) is 1.84. The molecule has 1 aliphatic heterocycles. The van der Waals surface area contributed by atoms with E-state index in [0.29, 0.717) is 18.4 Å². The van der Waals surface area contributed by atoms with Gasteiger partial charge in [0.15, 0.2) is 0 Å². The molecule has 0 aromatic heterocycles. The Morgan fingerprint density at radius 3 is 3.20 bits per heavy atom. The average molecular weight is 214 g/mol. The molecule has 1 amide bonds. The second-order valence-corrected chi connectivity index (χ2v) is 4.42. The van der Waals surface area contributed by atoms with E-state index in [1.807, 2.05) is 0 Å². The van der Waals surface area contributed by atoms with Gasteiger partial charge < -0.3 is 15.7 Å². The van der Waals surface area contributed by atoms with Crippen molar-refractivity contribution in [2.75, 3.05) is 19.7 Å². The number of carbonyl (C=O) groups is 1. The van der Waals surface area contributed by atoms with Crippen LogP contribution in [-0.2, 0) is 4.79 Å². The van der Waals surface area contributed by atoms with Gasteiger partial charge in [0.25, 0.3) is 0 Å². The Balaban J connectivity index is 2.21. The lowest BCUT2D eigenvalue weighted by atomic mass is 10.1. The maximum absolute atomic E-state index is 11.3. The van der Waals surface area contributed by atoms with Crippen LogP contribution in [0.4, 0.5) is 0 Å². The maximum atomic E-state index is 11.3. The minimum Gasteiger partial charge on any atom is -0.396 e. The van der Waals surface area contributed by atoms with Gasteiger partial charge in [-0.1, -0.05) is 6.92 Å². The van der Waals surface area contributed by atoms with Gasteiger partial charge in [-0.3, -0.25) is 4.79 Å². The topological polar surface area (TPSA) is 61.4 Å². The van der Waals surface area contributed by atoms with Gasteiger partial charge in [-0.05, 0) is 31.7 Å². The summed E-state index contributed by atoms with van der Waals surface area (Å²) in [4.78, 5) is 11.3. The predicted molar refractivity (Wildman–Crippen MR) is 59.5 cm³/mol. The smallest absolute Gasteiger partial charge is 0.221 e.